The molecular weight excluding hydrogens is 283 g/mol. The van der Waals surface area contributed by atoms with Crippen molar-refractivity contribution in [2.75, 3.05) is 5.73 Å². The second-order valence-electron chi connectivity index (χ2n) is 4.19. The van der Waals surface area contributed by atoms with Crippen molar-refractivity contribution in [3.63, 3.8) is 0 Å². The van der Waals surface area contributed by atoms with Crippen LogP contribution in [-0.2, 0) is 11.3 Å². The summed E-state index contributed by atoms with van der Waals surface area (Å²) >= 11 is 5.65. The van der Waals surface area contributed by atoms with Crippen LogP contribution in [0.3, 0.4) is 0 Å². The van der Waals surface area contributed by atoms with Gasteiger partial charge in [-0.3, -0.25) is 4.98 Å². The molecule has 0 atom stereocenters. The summed E-state index contributed by atoms with van der Waals surface area (Å²) in [6.45, 7) is 1.45. The van der Waals surface area contributed by atoms with Crippen molar-refractivity contribution in [3.8, 4) is 0 Å². The Bertz CT molecular complexity index is 662. The summed E-state index contributed by atoms with van der Waals surface area (Å²) < 4.78 is 18.7. The average Bonchev–Trinajstić information content (AvgIpc) is 2.43. The summed E-state index contributed by atoms with van der Waals surface area (Å²) in [5.41, 5.74) is 6.89. The van der Waals surface area contributed by atoms with Crippen molar-refractivity contribution in [2.45, 2.75) is 13.5 Å². The lowest BCUT2D eigenvalue weighted by molar-refractivity contribution is 0.0467. The fourth-order valence-electron chi connectivity index (χ4n) is 1.64. The number of esters is 1. The molecule has 0 aliphatic heterocycles. The number of benzene rings is 1. The Morgan fingerprint density at radius 3 is 3.00 bits per heavy atom. The van der Waals surface area contributed by atoms with Gasteiger partial charge in [-0.25, -0.2) is 9.18 Å². The van der Waals surface area contributed by atoms with Crippen LogP contribution in [0.1, 0.15) is 21.6 Å². The normalized spacial score (nSPS) is 10.3. The van der Waals surface area contributed by atoms with Gasteiger partial charge in [0.05, 0.1) is 28.2 Å². The lowest BCUT2D eigenvalue weighted by Crippen LogP contribution is -2.09. The van der Waals surface area contributed by atoms with E-state index in [0.29, 0.717) is 11.4 Å². The highest BCUT2D eigenvalue weighted by atomic mass is 35.5. The maximum atomic E-state index is 13.6. The number of rotatable bonds is 3. The largest absolute Gasteiger partial charge is 0.457 e. The first-order valence-electron chi connectivity index (χ1n) is 5.81. The van der Waals surface area contributed by atoms with Crippen LogP contribution in [0.25, 0.3) is 0 Å². The molecule has 20 heavy (non-hydrogen) atoms. The number of hydrogen-bond acceptors (Lipinski definition) is 4. The number of anilines is 1. The summed E-state index contributed by atoms with van der Waals surface area (Å²) in [7, 11) is 0. The maximum Gasteiger partial charge on any atom is 0.340 e. The smallest absolute Gasteiger partial charge is 0.340 e. The first-order valence-corrected chi connectivity index (χ1v) is 6.19. The molecular formula is C14H12ClFN2O2. The third-order valence-electron chi connectivity index (χ3n) is 2.72. The molecule has 0 unspecified atom stereocenters. The Kier molecular flexibility index (Phi) is 4.20. The summed E-state index contributed by atoms with van der Waals surface area (Å²) in [5.74, 6) is -1.20. The zero-order chi connectivity index (χ0) is 14.7. The minimum Gasteiger partial charge on any atom is -0.457 e. The van der Waals surface area contributed by atoms with Gasteiger partial charge < -0.3 is 10.5 Å². The first kappa shape index (κ1) is 14.3. The van der Waals surface area contributed by atoms with E-state index in [1.165, 1.54) is 24.4 Å². The molecule has 0 amide bonds. The van der Waals surface area contributed by atoms with Gasteiger partial charge in [0, 0.05) is 5.56 Å². The molecule has 104 valence electrons. The molecule has 2 rings (SSSR count). The zero-order valence-electron chi connectivity index (χ0n) is 10.7. The van der Waals surface area contributed by atoms with E-state index < -0.39 is 11.8 Å². The first-order chi connectivity index (χ1) is 9.49. The lowest BCUT2D eigenvalue weighted by atomic mass is 10.2. The highest BCUT2D eigenvalue weighted by Crippen LogP contribution is 2.19. The molecule has 0 radical (unpaired) electrons. The lowest BCUT2D eigenvalue weighted by Gasteiger charge is -2.08. The van der Waals surface area contributed by atoms with Gasteiger partial charge in [0.2, 0.25) is 0 Å². The van der Waals surface area contributed by atoms with Crippen LogP contribution in [0.5, 0.6) is 0 Å². The van der Waals surface area contributed by atoms with Gasteiger partial charge >= 0.3 is 5.97 Å². The van der Waals surface area contributed by atoms with Gasteiger partial charge in [-0.15, -0.1) is 0 Å². The number of hydrogen-bond donors (Lipinski definition) is 1. The van der Waals surface area contributed by atoms with Gasteiger partial charge in [-0.1, -0.05) is 23.7 Å². The quantitative estimate of drug-likeness (QED) is 0.883. The van der Waals surface area contributed by atoms with E-state index >= 15 is 0 Å². The van der Waals surface area contributed by atoms with Gasteiger partial charge in [0.15, 0.2) is 0 Å². The number of aromatic nitrogens is 1. The second-order valence-corrected chi connectivity index (χ2v) is 4.60. The van der Waals surface area contributed by atoms with Crippen molar-refractivity contribution in [3.05, 3.63) is 58.1 Å². The molecule has 2 aromatic rings. The van der Waals surface area contributed by atoms with Crippen molar-refractivity contribution in [2.24, 2.45) is 0 Å². The minimum atomic E-state index is -0.610. The van der Waals surface area contributed by atoms with Crippen LogP contribution in [0.15, 0.2) is 30.5 Å². The van der Waals surface area contributed by atoms with Gasteiger partial charge in [0.25, 0.3) is 0 Å². The van der Waals surface area contributed by atoms with E-state index in [1.807, 2.05) is 0 Å². The highest BCUT2D eigenvalue weighted by Gasteiger charge is 2.14. The highest BCUT2D eigenvalue weighted by molar-refractivity contribution is 6.30. The fraction of sp³-hybridized carbons (Fsp3) is 0.143. The summed E-state index contributed by atoms with van der Waals surface area (Å²) in [6.07, 6.45) is 1.45. The van der Waals surface area contributed by atoms with Gasteiger partial charge in [0.1, 0.15) is 12.4 Å². The van der Waals surface area contributed by atoms with Crippen LogP contribution in [0.4, 0.5) is 10.1 Å². The Morgan fingerprint density at radius 2 is 2.25 bits per heavy atom. The molecule has 0 saturated carbocycles. The van der Waals surface area contributed by atoms with E-state index in [2.05, 4.69) is 4.98 Å². The number of nitrogen functional groups attached to an aromatic ring is 1. The molecule has 1 aromatic carbocycles. The van der Waals surface area contributed by atoms with Crippen LogP contribution in [0.2, 0.25) is 5.02 Å². The van der Waals surface area contributed by atoms with Crippen LogP contribution in [0, 0.1) is 12.7 Å². The molecule has 2 N–H and O–H groups in total. The SMILES string of the molecule is Cc1ncc(N)cc1C(=O)OCc1cccc(Cl)c1F. The number of carbonyl (C=O) groups excluding carboxylic acids is 1. The summed E-state index contributed by atoms with van der Waals surface area (Å²) in [4.78, 5) is 15.9. The predicted octanol–water partition coefficient (Wildman–Crippen LogP) is 3.12. The third-order valence-corrected chi connectivity index (χ3v) is 3.01. The molecule has 4 nitrogen and oxygen atoms in total. The molecule has 0 bridgehead atoms. The fourth-order valence-corrected chi connectivity index (χ4v) is 1.83. The van der Waals surface area contributed by atoms with Crippen molar-refractivity contribution in [1.29, 1.82) is 0 Å². The Labute approximate surface area is 120 Å². The van der Waals surface area contributed by atoms with Gasteiger partial charge in [-0.2, -0.15) is 0 Å². The van der Waals surface area contributed by atoms with Crippen LogP contribution in [-0.4, -0.2) is 11.0 Å². The predicted molar refractivity (Wildman–Crippen MR) is 73.9 cm³/mol. The number of nitrogens with zero attached hydrogens (tertiary/aromatic N) is 1. The van der Waals surface area contributed by atoms with E-state index in [-0.39, 0.29) is 22.8 Å². The Hall–Kier alpha value is -2.14. The number of carbonyl (C=O) groups is 1. The molecule has 0 aliphatic carbocycles. The molecule has 6 heteroatoms. The van der Waals surface area contributed by atoms with Crippen molar-refractivity contribution >= 4 is 23.3 Å². The number of aryl methyl sites for hydroxylation is 1. The Morgan fingerprint density at radius 1 is 1.50 bits per heavy atom. The van der Waals surface area contributed by atoms with E-state index in [9.17, 15) is 9.18 Å². The number of ether oxygens (including phenoxy) is 1. The number of pyridine rings is 1. The van der Waals surface area contributed by atoms with Crippen molar-refractivity contribution < 1.29 is 13.9 Å². The van der Waals surface area contributed by atoms with Gasteiger partial charge in [-0.05, 0) is 19.1 Å². The van der Waals surface area contributed by atoms with E-state index in [0.717, 1.165) is 0 Å². The molecule has 0 spiro atoms. The molecule has 0 saturated heterocycles. The molecule has 0 aliphatic rings. The molecule has 1 aromatic heterocycles. The molecule has 0 fully saturated rings. The van der Waals surface area contributed by atoms with Crippen LogP contribution < -0.4 is 5.73 Å². The van der Waals surface area contributed by atoms with Crippen molar-refractivity contribution in [1.82, 2.24) is 4.98 Å². The standard InChI is InChI=1S/C14H12ClFN2O2/c1-8-11(5-10(17)6-18-8)14(19)20-7-9-3-2-4-12(15)13(9)16/h2-6H,7,17H2,1H3. The average molecular weight is 295 g/mol. The van der Waals surface area contributed by atoms with E-state index in [1.54, 1.807) is 13.0 Å². The summed E-state index contributed by atoms with van der Waals surface area (Å²) in [5, 5.41) is -0.0136. The third kappa shape index (κ3) is 3.05. The monoisotopic (exact) mass is 294 g/mol. The van der Waals surface area contributed by atoms with E-state index in [4.69, 9.17) is 22.1 Å². The zero-order valence-corrected chi connectivity index (χ0v) is 11.4. The maximum absolute atomic E-state index is 13.6. The summed E-state index contributed by atoms with van der Waals surface area (Å²) in [6, 6.07) is 5.98. The second kappa shape index (κ2) is 5.88. The van der Waals surface area contributed by atoms with Crippen LogP contribution >= 0.6 is 11.6 Å². The molecule has 1 heterocycles. The topological polar surface area (TPSA) is 65.2 Å². The Balaban J connectivity index is 2.13. The number of nitrogens with two attached hydrogens (primary N) is 1. The number of halogens is 2. The minimum absolute atomic E-state index is 0.0136.